The second-order valence-corrected chi connectivity index (χ2v) is 6.43. The van der Waals surface area contributed by atoms with Crippen LogP contribution in [-0.2, 0) is 10.0 Å². The summed E-state index contributed by atoms with van der Waals surface area (Å²) < 4.78 is 24.2. The van der Waals surface area contributed by atoms with Crippen molar-refractivity contribution >= 4 is 27.4 Å². The maximum absolute atomic E-state index is 11.5. The van der Waals surface area contributed by atoms with Gasteiger partial charge in [-0.3, -0.25) is 0 Å². The monoisotopic (exact) mass is 287 g/mol. The van der Waals surface area contributed by atoms with Gasteiger partial charge in [0.2, 0.25) is 10.0 Å². The van der Waals surface area contributed by atoms with Gasteiger partial charge >= 0.3 is 5.97 Å². The van der Waals surface area contributed by atoms with E-state index in [4.69, 9.17) is 10.8 Å². The molecular formula is C11H17N3O4S. The number of hydrogen-bond donors (Lipinski definition) is 3. The van der Waals surface area contributed by atoms with E-state index in [0.717, 1.165) is 4.31 Å². The molecule has 0 aromatic heterocycles. The Labute approximate surface area is 112 Å². The predicted molar refractivity (Wildman–Crippen MR) is 73.8 cm³/mol. The summed E-state index contributed by atoms with van der Waals surface area (Å²) in [6.45, 7) is 0.215. The number of carboxylic acids is 1. The SMILES string of the molecule is CN(C)S(=O)(=O)CCNc1ccc(C(=O)O)c(N)c1. The van der Waals surface area contributed by atoms with Gasteiger partial charge in [0.1, 0.15) is 0 Å². The van der Waals surface area contributed by atoms with Gasteiger partial charge in [-0.2, -0.15) is 0 Å². The van der Waals surface area contributed by atoms with Crippen LogP contribution in [0.25, 0.3) is 0 Å². The van der Waals surface area contributed by atoms with Crippen molar-refractivity contribution in [2.24, 2.45) is 0 Å². The van der Waals surface area contributed by atoms with Crippen LogP contribution in [0.15, 0.2) is 18.2 Å². The fourth-order valence-electron chi connectivity index (χ4n) is 1.37. The van der Waals surface area contributed by atoms with Gasteiger partial charge in [-0.25, -0.2) is 17.5 Å². The second-order valence-electron chi connectivity index (χ2n) is 4.13. The second kappa shape index (κ2) is 5.89. The molecule has 0 bridgehead atoms. The third-order valence-electron chi connectivity index (χ3n) is 2.53. The maximum atomic E-state index is 11.5. The van der Waals surface area contributed by atoms with E-state index < -0.39 is 16.0 Å². The van der Waals surface area contributed by atoms with Crippen molar-refractivity contribution < 1.29 is 18.3 Å². The van der Waals surface area contributed by atoms with E-state index in [-0.39, 0.29) is 23.5 Å². The van der Waals surface area contributed by atoms with E-state index >= 15 is 0 Å². The van der Waals surface area contributed by atoms with Crippen LogP contribution in [0.2, 0.25) is 0 Å². The molecule has 0 aliphatic carbocycles. The summed E-state index contributed by atoms with van der Waals surface area (Å²) in [6, 6.07) is 4.38. The van der Waals surface area contributed by atoms with Gasteiger partial charge < -0.3 is 16.2 Å². The van der Waals surface area contributed by atoms with Crippen molar-refractivity contribution in [1.29, 1.82) is 0 Å². The lowest BCUT2D eigenvalue weighted by Crippen LogP contribution is -2.28. The number of aromatic carboxylic acids is 1. The number of rotatable bonds is 6. The van der Waals surface area contributed by atoms with Crippen LogP contribution in [0.1, 0.15) is 10.4 Å². The Morgan fingerprint density at radius 3 is 2.53 bits per heavy atom. The molecule has 0 spiro atoms. The Morgan fingerprint density at radius 1 is 1.42 bits per heavy atom. The molecule has 0 heterocycles. The molecule has 1 aromatic rings. The number of sulfonamides is 1. The highest BCUT2D eigenvalue weighted by molar-refractivity contribution is 7.89. The molecule has 106 valence electrons. The van der Waals surface area contributed by atoms with Crippen molar-refractivity contribution in [2.75, 3.05) is 37.4 Å². The molecule has 0 atom stereocenters. The number of carbonyl (C=O) groups is 1. The number of carboxylic acid groups (broad SMARTS) is 1. The van der Waals surface area contributed by atoms with E-state index in [1.807, 2.05) is 0 Å². The average molecular weight is 287 g/mol. The molecule has 0 saturated heterocycles. The van der Waals surface area contributed by atoms with E-state index in [2.05, 4.69) is 5.32 Å². The first kappa shape index (κ1) is 15.3. The Kier molecular flexibility index (Phi) is 4.73. The summed E-state index contributed by atoms with van der Waals surface area (Å²) in [5.41, 5.74) is 6.31. The minimum Gasteiger partial charge on any atom is -0.478 e. The predicted octanol–water partition coefficient (Wildman–Crippen LogP) is 0.270. The van der Waals surface area contributed by atoms with Crippen LogP contribution in [0, 0.1) is 0 Å². The van der Waals surface area contributed by atoms with Crippen molar-refractivity contribution in [3.63, 3.8) is 0 Å². The molecule has 0 amide bonds. The normalized spacial score (nSPS) is 11.5. The van der Waals surface area contributed by atoms with Crippen LogP contribution in [0.4, 0.5) is 11.4 Å². The zero-order valence-electron chi connectivity index (χ0n) is 10.8. The summed E-state index contributed by atoms with van der Waals surface area (Å²) >= 11 is 0. The Bertz CT molecular complexity index is 569. The number of nitrogen functional groups attached to an aromatic ring is 1. The third kappa shape index (κ3) is 4.11. The fourth-order valence-corrected chi connectivity index (χ4v) is 2.10. The number of nitrogens with one attached hydrogen (secondary N) is 1. The van der Waals surface area contributed by atoms with E-state index in [0.29, 0.717) is 5.69 Å². The largest absolute Gasteiger partial charge is 0.478 e. The molecule has 0 unspecified atom stereocenters. The third-order valence-corrected chi connectivity index (χ3v) is 4.36. The number of nitrogens with two attached hydrogens (primary N) is 1. The minimum atomic E-state index is -3.25. The Hall–Kier alpha value is -1.80. The van der Waals surface area contributed by atoms with Crippen LogP contribution >= 0.6 is 0 Å². The highest BCUT2D eigenvalue weighted by Crippen LogP contribution is 2.17. The molecule has 7 nitrogen and oxygen atoms in total. The summed E-state index contributed by atoms with van der Waals surface area (Å²) in [6.07, 6.45) is 0. The minimum absolute atomic E-state index is 0.0199. The summed E-state index contributed by atoms with van der Waals surface area (Å²) in [4.78, 5) is 10.8. The average Bonchev–Trinajstić information content (AvgIpc) is 2.28. The summed E-state index contributed by atoms with van der Waals surface area (Å²) in [5.74, 6) is -1.15. The summed E-state index contributed by atoms with van der Waals surface area (Å²) in [7, 11) is -0.320. The van der Waals surface area contributed by atoms with Gasteiger partial charge in [-0.05, 0) is 18.2 Å². The van der Waals surface area contributed by atoms with Gasteiger partial charge in [-0.1, -0.05) is 0 Å². The van der Waals surface area contributed by atoms with Gasteiger partial charge in [0, 0.05) is 32.0 Å². The van der Waals surface area contributed by atoms with Gasteiger partial charge in [-0.15, -0.1) is 0 Å². The topological polar surface area (TPSA) is 113 Å². The van der Waals surface area contributed by atoms with Crippen molar-refractivity contribution in [2.45, 2.75) is 0 Å². The summed E-state index contributed by atoms with van der Waals surface area (Å²) in [5, 5.41) is 11.7. The zero-order valence-corrected chi connectivity index (χ0v) is 11.6. The number of nitrogens with zero attached hydrogens (tertiary/aromatic N) is 1. The highest BCUT2D eigenvalue weighted by atomic mass is 32.2. The zero-order chi connectivity index (χ0) is 14.6. The molecule has 8 heteroatoms. The van der Waals surface area contributed by atoms with E-state index in [9.17, 15) is 13.2 Å². The Morgan fingerprint density at radius 2 is 2.05 bits per heavy atom. The highest BCUT2D eigenvalue weighted by Gasteiger charge is 2.13. The molecule has 0 aliphatic rings. The number of benzene rings is 1. The van der Waals surface area contributed by atoms with Crippen molar-refractivity contribution in [1.82, 2.24) is 4.31 Å². The van der Waals surface area contributed by atoms with Crippen LogP contribution in [0.5, 0.6) is 0 Å². The van der Waals surface area contributed by atoms with Gasteiger partial charge in [0.15, 0.2) is 0 Å². The van der Waals surface area contributed by atoms with Crippen molar-refractivity contribution in [3.8, 4) is 0 Å². The molecule has 19 heavy (non-hydrogen) atoms. The molecule has 1 rings (SSSR count). The smallest absolute Gasteiger partial charge is 0.337 e. The maximum Gasteiger partial charge on any atom is 0.337 e. The Balaban J connectivity index is 2.65. The number of anilines is 2. The quantitative estimate of drug-likeness (QED) is 0.647. The van der Waals surface area contributed by atoms with E-state index in [1.54, 1.807) is 6.07 Å². The fraction of sp³-hybridized carbons (Fsp3) is 0.364. The van der Waals surface area contributed by atoms with Crippen LogP contribution in [-0.4, -0.2) is 50.2 Å². The molecule has 0 saturated carbocycles. The van der Waals surface area contributed by atoms with Crippen molar-refractivity contribution in [3.05, 3.63) is 23.8 Å². The lowest BCUT2D eigenvalue weighted by atomic mass is 10.1. The van der Waals surface area contributed by atoms with E-state index in [1.165, 1.54) is 26.2 Å². The molecule has 0 radical (unpaired) electrons. The van der Waals surface area contributed by atoms with Crippen LogP contribution < -0.4 is 11.1 Å². The molecule has 1 aromatic carbocycles. The molecule has 0 fully saturated rings. The number of hydrogen-bond acceptors (Lipinski definition) is 5. The standard InChI is InChI=1S/C11H17N3O4S/c1-14(2)19(17,18)6-5-13-8-3-4-9(11(15)16)10(12)7-8/h3-4,7,13H,5-6,12H2,1-2H3,(H,15,16). The van der Waals surface area contributed by atoms with Gasteiger partial charge in [0.05, 0.1) is 11.3 Å². The molecular weight excluding hydrogens is 270 g/mol. The van der Waals surface area contributed by atoms with Crippen LogP contribution in [0.3, 0.4) is 0 Å². The first-order valence-electron chi connectivity index (χ1n) is 5.51. The first-order valence-corrected chi connectivity index (χ1v) is 7.12. The lowest BCUT2D eigenvalue weighted by molar-refractivity contribution is 0.0698. The molecule has 0 aliphatic heterocycles. The van der Waals surface area contributed by atoms with Gasteiger partial charge in [0.25, 0.3) is 0 Å². The molecule has 4 N–H and O–H groups in total. The lowest BCUT2D eigenvalue weighted by Gasteiger charge is -2.12. The first-order chi connectivity index (χ1) is 8.74.